The fourth-order valence-electron chi connectivity index (χ4n) is 2.67. The van der Waals surface area contributed by atoms with Crippen molar-refractivity contribution in [2.45, 2.75) is 6.18 Å². The van der Waals surface area contributed by atoms with Gasteiger partial charge in [0.2, 0.25) is 0 Å². The van der Waals surface area contributed by atoms with E-state index in [1.165, 1.54) is 18.2 Å². The molecular formula is C17H15F3N2O3. The number of carboxylic acids is 1. The number of aromatic nitrogens is 1. The number of carboxylic acid groups (broad SMARTS) is 1. The molecule has 0 spiro atoms. The molecule has 0 radical (unpaired) electrons. The van der Waals surface area contributed by atoms with Crippen molar-refractivity contribution in [3.63, 3.8) is 0 Å². The molecule has 3 rings (SSSR count). The zero-order valence-electron chi connectivity index (χ0n) is 13.1. The average molecular weight is 352 g/mol. The number of nitrogens with zero attached hydrogens (tertiary/aromatic N) is 2. The summed E-state index contributed by atoms with van der Waals surface area (Å²) in [5, 5.41) is 9.14. The average Bonchev–Trinajstić information content (AvgIpc) is 2.61. The molecule has 8 heteroatoms. The number of carbonyl (C=O) groups is 1. The van der Waals surface area contributed by atoms with Gasteiger partial charge in [0.15, 0.2) is 0 Å². The first-order valence-electron chi connectivity index (χ1n) is 7.60. The molecule has 0 bridgehead atoms. The minimum Gasteiger partial charge on any atom is -0.478 e. The van der Waals surface area contributed by atoms with E-state index in [1.54, 1.807) is 6.07 Å². The molecule has 1 aliphatic heterocycles. The van der Waals surface area contributed by atoms with E-state index >= 15 is 0 Å². The van der Waals surface area contributed by atoms with E-state index in [1.807, 2.05) is 4.90 Å². The summed E-state index contributed by atoms with van der Waals surface area (Å²) in [6, 6.07) is 6.83. The minimum absolute atomic E-state index is 0.00263. The van der Waals surface area contributed by atoms with Gasteiger partial charge in [-0.1, -0.05) is 12.1 Å². The maximum absolute atomic E-state index is 13.1. The molecule has 25 heavy (non-hydrogen) atoms. The van der Waals surface area contributed by atoms with Crippen molar-refractivity contribution in [2.75, 3.05) is 31.2 Å². The van der Waals surface area contributed by atoms with Crippen molar-refractivity contribution in [3.8, 4) is 11.1 Å². The monoisotopic (exact) mass is 352 g/mol. The van der Waals surface area contributed by atoms with Crippen LogP contribution in [-0.2, 0) is 10.9 Å². The first kappa shape index (κ1) is 17.2. The van der Waals surface area contributed by atoms with E-state index in [0.717, 1.165) is 12.3 Å². The van der Waals surface area contributed by atoms with Crippen LogP contribution in [0.5, 0.6) is 0 Å². The number of ether oxygens (including phenoxy) is 1. The van der Waals surface area contributed by atoms with Crippen molar-refractivity contribution in [2.24, 2.45) is 0 Å². The van der Waals surface area contributed by atoms with E-state index in [0.29, 0.717) is 37.7 Å². The van der Waals surface area contributed by atoms with Gasteiger partial charge in [0.25, 0.3) is 0 Å². The smallest absolute Gasteiger partial charge is 0.417 e. The molecule has 0 unspecified atom stereocenters. The summed E-state index contributed by atoms with van der Waals surface area (Å²) in [4.78, 5) is 17.0. The molecule has 1 saturated heterocycles. The molecule has 1 aromatic carbocycles. The first-order valence-corrected chi connectivity index (χ1v) is 7.60. The third-order valence-electron chi connectivity index (χ3n) is 3.93. The number of halogens is 3. The molecule has 2 aromatic rings. The van der Waals surface area contributed by atoms with Gasteiger partial charge in [-0.3, -0.25) is 0 Å². The number of pyridine rings is 1. The molecule has 1 aliphatic rings. The predicted octanol–water partition coefficient (Wildman–Crippen LogP) is 3.30. The molecule has 0 saturated carbocycles. The highest BCUT2D eigenvalue weighted by Crippen LogP contribution is 2.36. The standard InChI is InChI=1S/C17H15F3N2O3/c18-17(19,20)13-9-14(11-2-1-3-12(8-11)16(23)24)15(21-10-13)22-4-6-25-7-5-22/h1-3,8-10H,4-7H2,(H,23,24). The summed E-state index contributed by atoms with van der Waals surface area (Å²) in [5.41, 5.74) is -0.247. The quantitative estimate of drug-likeness (QED) is 0.918. The van der Waals surface area contributed by atoms with Crippen molar-refractivity contribution in [3.05, 3.63) is 47.7 Å². The summed E-state index contributed by atoms with van der Waals surface area (Å²) in [5.74, 6) is -0.756. The summed E-state index contributed by atoms with van der Waals surface area (Å²) in [6.45, 7) is 1.92. The highest BCUT2D eigenvalue weighted by molar-refractivity contribution is 5.90. The van der Waals surface area contributed by atoms with E-state index < -0.39 is 17.7 Å². The Labute approximate surface area is 141 Å². The number of morpholine rings is 1. The van der Waals surface area contributed by atoms with E-state index in [9.17, 15) is 18.0 Å². The SMILES string of the molecule is O=C(O)c1cccc(-c2cc(C(F)(F)F)cnc2N2CCOCC2)c1. The van der Waals surface area contributed by atoms with E-state index in [-0.39, 0.29) is 11.1 Å². The third kappa shape index (κ3) is 3.74. The summed E-state index contributed by atoms with van der Waals surface area (Å²) in [6.07, 6.45) is -3.73. The summed E-state index contributed by atoms with van der Waals surface area (Å²) in [7, 11) is 0. The minimum atomic E-state index is -4.53. The molecular weight excluding hydrogens is 337 g/mol. The molecule has 1 fully saturated rings. The molecule has 2 heterocycles. The lowest BCUT2D eigenvalue weighted by molar-refractivity contribution is -0.137. The molecule has 0 amide bonds. The molecule has 5 nitrogen and oxygen atoms in total. The van der Waals surface area contributed by atoms with Gasteiger partial charge in [0.05, 0.1) is 24.3 Å². The Kier molecular flexibility index (Phi) is 4.63. The van der Waals surface area contributed by atoms with Crippen LogP contribution in [0.3, 0.4) is 0 Å². The van der Waals surface area contributed by atoms with Gasteiger partial charge in [-0.05, 0) is 23.8 Å². The second-order valence-electron chi connectivity index (χ2n) is 5.58. The molecule has 132 valence electrons. The Morgan fingerprint density at radius 1 is 1.20 bits per heavy atom. The number of benzene rings is 1. The van der Waals surface area contributed by atoms with Gasteiger partial charge in [0.1, 0.15) is 5.82 Å². The lowest BCUT2D eigenvalue weighted by atomic mass is 10.0. The molecule has 0 atom stereocenters. The van der Waals surface area contributed by atoms with Crippen LogP contribution in [0, 0.1) is 0 Å². The van der Waals surface area contributed by atoms with Crippen LogP contribution in [0.15, 0.2) is 36.5 Å². The number of aromatic carboxylic acids is 1. The Balaban J connectivity index is 2.13. The fraction of sp³-hybridized carbons (Fsp3) is 0.294. The Bertz CT molecular complexity index is 787. The molecule has 0 aliphatic carbocycles. The lowest BCUT2D eigenvalue weighted by Gasteiger charge is -2.30. The Morgan fingerprint density at radius 3 is 2.56 bits per heavy atom. The number of hydrogen-bond acceptors (Lipinski definition) is 4. The van der Waals surface area contributed by atoms with Gasteiger partial charge < -0.3 is 14.7 Å². The Morgan fingerprint density at radius 2 is 1.92 bits per heavy atom. The fourth-order valence-corrected chi connectivity index (χ4v) is 2.67. The van der Waals surface area contributed by atoms with Gasteiger partial charge in [-0.15, -0.1) is 0 Å². The van der Waals surface area contributed by atoms with Crippen molar-refractivity contribution in [1.82, 2.24) is 4.98 Å². The first-order chi connectivity index (χ1) is 11.9. The predicted molar refractivity (Wildman–Crippen MR) is 84.7 cm³/mol. The van der Waals surface area contributed by atoms with Crippen LogP contribution >= 0.6 is 0 Å². The van der Waals surface area contributed by atoms with Gasteiger partial charge in [-0.25, -0.2) is 9.78 Å². The second kappa shape index (κ2) is 6.72. The number of rotatable bonds is 3. The van der Waals surface area contributed by atoms with Crippen LogP contribution < -0.4 is 4.90 Å². The van der Waals surface area contributed by atoms with E-state index in [2.05, 4.69) is 4.98 Å². The normalized spacial score (nSPS) is 15.2. The maximum Gasteiger partial charge on any atom is 0.417 e. The second-order valence-corrected chi connectivity index (χ2v) is 5.58. The highest BCUT2D eigenvalue weighted by atomic mass is 19.4. The number of alkyl halides is 3. The van der Waals surface area contributed by atoms with Gasteiger partial charge in [-0.2, -0.15) is 13.2 Å². The highest BCUT2D eigenvalue weighted by Gasteiger charge is 2.32. The summed E-state index contributed by atoms with van der Waals surface area (Å²) < 4.78 is 44.6. The van der Waals surface area contributed by atoms with Gasteiger partial charge in [0, 0.05) is 24.8 Å². The van der Waals surface area contributed by atoms with Crippen LogP contribution in [0.4, 0.5) is 19.0 Å². The van der Waals surface area contributed by atoms with Crippen LogP contribution in [0.2, 0.25) is 0 Å². The topological polar surface area (TPSA) is 62.7 Å². The largest absolute Gasteiger partial charge is 0.478 e. The third-order valence-corrected chi connectivity index (χ3v) is 3.93. The van der Waals surface area contributed by atoms with E-state index in [4.69, 9.17) is 9.84 Å². The van der Waals surface area contributed by atoms with Gasteiger partial charge >= 0.3 is 12.1 Å². The number of anilines is 1. The summed E-state index contributed by atoms with van der Waals surface area (Å²) >= 11 is 0. The van der Waals surface area contributed by atoms with Crippen LogP contribution in [0.1, 0.15) is 15.9 Å². The zero-order chi connectivity index (χ0) is 18.0. The van der Waals surface area contributed by atoms with Crippen LogP contribution in [-0.4, -0.2) is 42.4 Å². The number of hydrogen-bond donors (Lipinski definition) is 1. The Hall–Kier alpha value is -2.61. The lowest BCUT2D eigenvalue weighted by Crippen LogP contribution is -2.37. The van der Waals surface area contributed by atoms with Crippen molar-refractivity contribution >= 4 is 11.8 Å². The molecule has 1 aromatic heterocycles. The van der Waals surface area contributed by atoms with Crippen LogP contribution in [0.25, 0.3) is 11.1 Å². The molecule has 1 N–H and O–H groups in total. The van der Waals surface area contributed by atoms with Crippen molar-refractivity contribution < 1.29 is 27.8 Å². The van der Waals surface area contributed by atoms with Crippen molar-refractivity contribution in [1.29, 1.82) is 0 Å². The zero-order valence-corrected chi connectivity index (χ0v) is 13.1. The maximum atomic E-state index is 13.1.